The highest BCUT2D eigenvalue weighted by molar-refractivity contribution is 6.06. The van der Waals surface area contributed by atoms with Crippen molar-refractivity contribution in [2.75, 3.05) is 6.61 Å². The van der Waals surface area contributed by atoms with Gasteiger partial charge in [0.1, 0.15) is 11.9 Å². The number of phenols is 2. The fourth-order valence-corrected chi connectivity index (χ4v) is 7.05. The lowest BCUT2D eigenvalue weighted by molar-refractivity contribution is -0.307. The molecule has 0 aromatic heterocycles. The summed E-state index contributed by atoms with van der Waals surface area (Å²) in [4.78, 5) is 16.9. The van der Waals surface area contributed by atoms with Crippen molar-refractivity contribution < 1.29 is 30.0 Å². The predicted molar refractivity (Wildman–Crippen MR) is 210 cm³/mol. The number of hydrogen-bond donors (Lipinski definition) is 5. The van der Waals surface area contributed by atoms with Crippen LogP contribution < -0.4 is 20.9 Å². The number of benzene rings is 3. The van der Waals surface area contributed by atoms with Gasteiger partial charge in [0.25, 0.3) is 0 Å². The largest absolute Gasteiger partial charge is 0.875 e. The number of aromatic hydroxyl groups is 2. The Morgan fingerprint density at radius 3 is 2.69 bits per heavy atom. The first-order valence-electron chi connectivity index (χ1n) is 18.8. The molecule has 9 heteroatoms. The van der Waals surface area contributed by atoms with Gasteiger partial charge in [0.2, 0.25) is 0 Å². The number of carbonyl (C=O) groups is 1. The van der Waals surface area contributed by atoms with Crippen LogP contribution in [0.1, 0.15) is 109 Å². The SMILES string of the molecule is CC(O)CCCCCC=CC(=O)CCc1ccc(O)c(OCCc2ccc(O)c(C3CC([O-])=C4C=CN=C4CC#Cc4cc5c(cc43)C=CNC5N)c2)c1. The van der Waals surface area contributed by atoms with Gasteiger partial charge in [0.15, 0.2) is 17.3 Å². The standard InChI is InChI=1S/C45H49N3O6/c1-29(49)8-5-3-2-4-6-10-34(50)15-12-30-14-17-42(52)44(25-30)54-23-20-31-13-16-41(51)39(24-31)38-28-43(53)35-19-22-47-40(35)11-7-9-32-27-37-33(26-36(32)38)18-21-48-45(37)46/h6,10,13-14,16-19,21-22,24-27,29,38,45,48-49,51-53H,2-5,8,11-12,15,20,23,28,46H2,1H3/p-1. The molecular weight excluding hydrogens is 679 g/mol. The molecule has 0 fully saturated rings. The van der Waals surface area contributed by atoms with Gasteiger partial charge in [0, 0.05) is 36.1 Å². The molecule has 0 amide bonds. The molecule has 280 valence electrons. The van der Waals surface area contributed by atoms with Crippen molar-refractivity contribution in [2.24, 2.45) is 10.7 Å². The lowest BCUT2D eigenvalue weighted by Crippen LogP contribution is -2.27. The average molecular weight is 727 g/mol. The van der Waals surface area contributed by atoms with Crippen LogP contribution in [0.4, 0.5) is 0 Å². The lowest BCUT2D eigenvalue weighted by atomic mass is 9.80. The van der Waals surface area contributed by atoms with Crippen molar-refractivity contribution in [1.82, 2.24) is 5.32 Å². The highest BCUT2D eigenvalue weighted by atomic mass is 16.5. The van der Waals surface area contributed by atoms with Crippen LogP contribution in [0.3, 0.4) is 0 Å². The van der Waals surface area contributed by atoms with Crippen molar-refractivity contribution in [2.45, 2.75) is 89.3 Å². The molecule has 0 bridgehead atoms. The van der Waals surface area contributed by atoms with E-state index in [9.17, 15) is 25.2 Å². The van der Waals surface area contributed by atoms with E-state index < -0.39 is 12.1 Å². The van der Waals surface area contributed by atoms with Gasteiger partial charge in [-0.05, 0) is 127 Å². The Bertz CT molecular complexity index is 2080. The summed E-state index contributed by atoms with van der Waals surface area (Å²) in [6, 6.07) is 14.5. The van der Waals surface area contributed by atoms with Crippen molar-refractivity contribution in [3.63, 3.8) is 0 Å². The summed E-state index contributed by atoms with van der Waals surface area (Å²) in [7, 11) is 0. The number of aryl methyl sites for hydroxylation is 1. The summed E-state index contributed by atoms with van der Waals surface area (Å²) < 4.78 is 6.04. The van der Waals surface area contributed by atoms with E-state index in [-0.39, 0.29) is 42.2 Å². The smallest absolute Gasteiger partial charge is 0.161 e. The van der Waals surface area contributed by atoms with Crippen LogP contribution >= 0.6 is 0 Å². The molecule has 3 aliphatic rings. The Labute approximate surface area is 317 Å². The van der Waals surface area contributed by atoms with Crippen LogP contribution in [0.2, 0.25) is 0 Å². The quantitative estimate of drug-likeness (QED) is 0.0674. The number of aliphatic hydroxyl groups excluding tert-OH is 1. The highest BCUT2D eigenvalue weighted by Crippen LogP contribution is 2.40. The minimum atomic E-state index is -0.507. The Morgan fingerprint density at radius 1 is 1.04 bits per heavy atom. The summed E-state index contributed by atoms with van der Waals surface area (Å²) in [5.74, 6) is 6.41. The fraction of sp³-hybridized carbons (Fsp3) is 0.333. The number of unbranched alkanes of at least 4 members (excludes halogenated alkanes) is 3. The zero-order valence-electron chi connectivity index (χ0n) is 30.7. The number of rotatable bonds is 15. The first-order chi connectivity index (χ1) is 26.2. The van der Waals surface area contributed by atoms with E-state index in [1.807, 2.05) is 42.6 Å². The molecular formula is C45H48N3O6-. The molecule has 1 aliphatic carbocycles. The van der Waals surface area contributed by atoms with Gasteiger partial charge in [-0.3, -0.25) is 9.79 Å². The maximum atomic E-state index is 13.8. The number of ether oxygens (including phenoxy) is 1. The predicted octanol–water partition coefficient (Wildman–Crippen LogP) is 6.50. The number of phenolic OH excluding ortho intramolecular Hbond substituents is 2. The number of hydrogen-bond acceptors (Lipinski definition) is 9. The number of aliphatic imine (C=N–C) groups is 1. The van der Waals surface area contributed by atoms with Crippen LogP contribution in [0, 0.1) is 11.8 Å². The summed E-state index contributed by atoms with van der Waals surface area (Å²) in [6.45, 7) is 2.05. The summed E-state index contributed by atoms with van der Waals surface area (Å²) in [5.41, 5.74) is 13.3. The van der Waals surface area contributed by atoms with Gasteiger partial charge >= 0.3 is 0 Å². The molecule has 0 radical (unpaired) electrons. The maximum absolute atomic E-state index is 13.8. The minimum Gasteiger partial charge on any atom is -0.875 e. The first-order valence-corrected chi connectivity index (χ1v) is 18.8. The van der Waals surface area contributed by atoms with Gasteiger partial charge in [-0.1, -0.05) is 49.0 Å². The number of allylic oxidation sites excluding steroid dienone is 5. The summed E-state index contributed by atoms with van der Waals surface area (Å²) >= 11 is 0. The second-order valence-corrected chi connectivity index (χ2v) is 14.2. The van der Waals surface area contributed by atoms with Crippen LogP contribution in [0.15, 0.2) is 95.5 Å². The van der Waals surface area contributed by atoms with Gasteiger partial charge < -0.3 is 36.2 Å². The van der Waals surface area contributed by atoms with Gasteiger partial charge in [0.05, 0.1) is 24.8 Å². The molecule has 2 heterocycles. The van der Waals surface area contributed by atoms with Crippen molar-refractivity contribution in [3.8, 4) is 29.1 Å². The first kappa shape index (κ1) is 38.2. The molecule has 6 N–H and O–H groups in total. The molecule has 3 aromatic rings. The lowest BCUT2D eigenvalue weighted by Gasteiger charge is -2.29. The van der Waals surface area contributed by atoms with Gasteiger partial charge in [-0.15, -0.1) is 5.76 Å². The van der Waals surface area contributed by atoms with E-state index >= 15 is 0 Å². The average Bonchev–Trinajstić information content (AvgIpc) is 3.63. The Balaban J connectivity index is 1.15. The monoisotopic (exact) mass is 726 g/mol. The number of fused-ring (bicyclic) bond motifs is 3. The summed E-state index contributed by atoms with van der Waals surface area (Å²) in [6.07, 6.45) is 16.5. The number of nitrogens with zero attached hydrogens (tertiary/aromatic N) is 1. The second kappa shape index (κ2) is 18.0. The normalized spacial score (nSPS) is 17.9. The van der Waals surface area contributed by atoms with Crippen LogP contribution in [0.5, 0.6) is 17.2 Å². The topological polar surface area (TPSA) is 160 Å². The third-order valence-electron chi connectivity index (χ3n) is 10.1. The molecule has 0 saturated carbocycles. The van der Waals surface area contributed by atoms with Crippen LogP contribution in [-0.2, 0) is 17.6 Å². The van der Waals surface area contributed by atoms with Crippen LogP contribution in [-0.4, -0.2) is 39.5 Å². The second-order valence-electron chi connectivity index (χ2n) is 14.2. The van der Waals surface area contributed by atoms with Gasteiger partial charge in [-0.25, -0.2) is 0 Å². The number of ketones is 1. The molecule has 54 heavy (non-hydrogen) atoms. The molecule has 3 atom stereocenters. The molecule has 3 unspecified atom stereocenters. The van der Waals surface area contributed by atoms with E-state index in [1.54, 1.807) is 49.5 Å². The number of carbonyl (C=O) groups excluding carboxylic acids is 1. The fourth-order valence-electron chi connectivity index (χ4n) is 7.05. The maximum Gasteiger partial charge on any atom is 0.161 e. The van der Waals surface area contributed by atoms with Gasteiger partial charge in [-0.2, -0.15) is 0 Å². The number of nitrogens with two attached hydrogens (primary N) is 1. The van der Waals surface area contributed by atoms with E-state index in [0.717, 1.165) is 65.5 Å². The zero-order chi connectivity index (χ0) is 38.0. The Kier molecular flexibility index (Phi) is 12.7. The molecule has 0 spiro atoms. The van der Waals surface area contributed by atoms with E-state index in [4.69, 9.17) is 10.5 Å². The minimum absolute atomic E-state index is 0.0124. The molecule has 2 aliphatic heterocycles. The summed E-state index contributed by atoms with van der Waals surface area (Å²) in [5, 5.41) is 48.1. The Morgan fingerprint density at radius 2 is 1.85 bits per heavy atom. The van der Waals surface area contributed by atoms with E-state index in [1.165, 1.54) is 0 Å². The molecule has 0 saturated heterocycles. The van der Waals surface area contributed by atoms with Crippen molar-refractivity contribution >= 4 is 17.6 Å². The number of nitrogens with one attached hydrogen (secondary N) is 1. The van der Waals surface area contributed by atoms with Crippen molar-refractivity contribution in [1.29, 1.82) is 0 Å². The molecule has 3 aromatic carbocycles. The van der Waals surface area contributed by atoms with Crippen LogP contribution in [0.25, 0.3) is 6.08 Å². The molecule has 6 rings (SSSR count). The van der Waals surface area contributed by atoms with E-state index in [2.05, 4.69) is 22.2 Å². The molecule has 9 nitrogen and oxygen atoms in total. The zero-order valence-corrected chi connectivity index (χ0v) is 30.7. The third-order valence-corrected chi connectivity index (χ3v) is 10.1. The Hall–Kier alpha value is -5.56. The third kappa shape index (κ3) is 9.70. The number of aliphatic hydroxyl groups is 1. The highest BCUT2D eigenvalue weighted by Gasteiger charge is 2.26. The van der Waals surface area contributed by atoms with Crippen molar-refractivity contribution in [3.05, 3.63) is 129 Å². The van der Waals surface area contributed by atoms with E-state index in [0.29, 0.717) is 48.3 Å².